The van der Waals surface area contributed by atoms with E-state index < -0.39 is 0 Å². The fraction of sp³-hybridized carbons (Fsp3) is 0.562. The molecule has 1 heterocycles. The average molecular weight is 260 g/mol. The fourth-order valence-electron chi connectivity index (χ4n) is 2.44. The Morgan fingerprint density at radius 2 is 2.00 bits per heavy atom. The van der Waals surface area contributed by atoms with Crippen LogP contribution in [-0.4, -0.2) is 23.9 Å². The molecule has 104 valence electrons. The predicted octanol–water partition coefficient (Wildman–Crippen LogP) is 2.72. The Labute approximate surface area is 116 Å². The summed E-state index contributed by atoms with van der Waals surface area (Å²) in [6.07, 6.45) is 0.0369. The van der Waals surface area contributed by atoms with E-state index in [2.05, 4.69) is 45.1 Å². The third-order valence-electron chi connectivity index (χ3n) is 4.18. The van der Waals surface area contributed by atoms with Crippen molar-refractivity contribution in [3.8, 4) is 0 Å². The Morgan fingerprint density at radius 3 is 2.63 bits per heavy atom. The van der Waals surface area contributed by atoms with E-state index >= 15 is 0 Å². The van der Waals surface area contributed by atoms with Crippen LogP contribution in [0.3, 0.4) is 0 Å². The molecule has 3 nitrogen and oxygen atoms in total. The van der Waals surface area contributed by atoms with Gasteiger partial charge in [0.15, 0.2) is 0 Å². The van der Waals surface area contributed by atoms with Crippen LogP contribution < -0.4 is 5.32 Å². The lowest BCUT2D eigenvalue weighted by Crippen LogP contribution is -2.35. The van der Waals surface area contributed by atoms with Gasteiger partial charge in [-0.3, -0.25) is 10.1 Å². The molecular formula is C16H24N2O. The molecule has 0 saturated carbocycles. The average Bonchev–Trinajstić information content (AvgIpc) is 2.72. The van der Waals surface area contributed by atoms with Crippen LogP contribution in [-0.2, 0) is 4.79 Å². The molecule has 3 heteroatoms. The minimum Gasteiger partial charge on any atom is -0.322 e. The molecule has 1 aromatic rings. The van der Waals surface area contributed by atoms with Crippen LogP contribution in [0, 0.1) is 18.8 Å². The number of hydrogen-bond acceptors (Lipinski definition) is 2. The van der Waals surface area contributed by atoms with Crippen molar-refractivity contribution < 1.29 is 4.79 Å². The van der Waals surface area contributed by atoms with E-state index in [1.54, 1.807) is 0 Å². The highest BCUT2D eigenvalue weighted by molar-refractivity contribution is 5.81. The molecule has 19 heavy (non-hydrogen) atoms. The number of hydrogen-bond donors (Lipinski definition) is 1. The van der Waals surface area contributed by atoms with Crippen LogP contribution in [0.25, 0.3) is 0 Å². The molecule has 1 amide bonds. The summed E-state index contributed by atoms with van der Waals surface area (Å²) in [6.45, 7) is 10.0. The third kappa shape index (κ3) is 2.98. The lowest BCUT2D eigenvalue weighted by Gasteiger charge is -2.29. The van der Waals surface area contributed by atoms with Gasteiger partial charge in [0.25, 0.3) is 0 Å². The van der Waals surface area contributed by atoms with Crippen molar-refractivity contribution in [2.45, 2.75) is 33.9 Å². The third-order valence-corrected chi connectivity index (χ3v) is 4.18. The molecule has 2 atom stereocenters. The molecule has 0 spiro atoms. The standard InChI is InChI=1S/C16H24N2O/c1-11(2)13(4)10-18-15(19)9-17-16(18)14-8-6-5-7-12(14)3/h5-8,11,13,16-17H,9-10H2,1-4H3. The van der Waals surface area contributed by atoms with E-state index in [1.165, 1.54) is 11.1 Å². The predicted molar refractivity (Wildman–Crippen MR) is 77.6 cm³/mol. The van der Waals surface area contributed by atoms with Gasteiger partial charge in [-0.25, -0.2) is 0 Å². The van der Waals surface area contributed by atoms with E-state index in [4.69, 9.17) is 0 Å². The summed E-state index contributed by atoms with van der Waals surface area (Å²) in [7, 11) is 0. The zero-order valence-corrected chi connectivity index (χ0v) is 12.3. The van der Waals surface area contributed by atoms with Crippen molar-refractivity contribution >= 4 is 5.91 Å². The molecule has 0 aliphatic carbocycles. The second-order valence-corrected chi connectivity index (χ2v) is 5.91. The van der Waals surface area contributed by atoms with Crippen molar-refractivity contribution in [3.05, 3.63) is 35.4 Å². The van der Waals surface area contributed by atoms with E-state index in [0.29, 0.717) is 18.4 Å². The minimum atomic E-state index is 0.0369. The first-order valence-corrected chi connectivity index (χ1v) is 7.09. The van der Waals surface area contributed by atoms with Gasteiger partial charge < -0.3 is 4.90 Å². The van der Waals surface area contributed by atoms with E-state index in [-0.39, 0.29) is 12.1 Å². The van der Waals surface area contributed by atoms with Crippen molar-refractivity contribution in [1.82, 2.24) is 10.2 Å². The van der Waals surface area contributed by atoms with Crippen molar-refractivity contribution in [3.63, 3.8) is 0 Å². The highest BCUT2D eigenvalue weighted by atomic mass is 16.2. The van der Waals surface area contributed by atoms with Gasteiger partial charge in [0.05, 0.1) is 6.54 Å². The minimum absolute atomic E-state index is 0.0369. The zero-order valence-electron chi connectivity index (χ0n) is 12.3. The molecule has 1 aliphatic heterocycles. The van der Waals surface area contributed by atoms with Gasteiger partial charge in [-0.1, -0.05) is 45.0 Å². The van der Waals surface area contributed by atoms with E-state index in [0.717, 1.165) is 6.54 Å². The summed E-state index contributed by atoms with van der Waals surface area (Å²) in [4.78, 5) is 14.1. The topological polar surface area (TPSA) is 32.3 Å². The maximum atomic E-state index is 12.1. The van der Waals surface area contributed by atoms with Gasteiger partial charge in [0.1, 0.15) is 6.17 Å². The Kier molecular flexibility index (Phi) is 4.25. The second kappa shape index (κ2) is 5.74. The maximum absolute atomic E-state index is 12.1. The van der Waals surface area contributed by atoms with Crippen LogP contribution >= 0.6 is 0 Å². The van der Waals surface area contributed by atoms with Crippen molar-refractivity contribution in [2.24, 2.45) is 11.8 Å². The summed E-state index contributed by atoms with van der Waals surface area (Å²) in [5.41, 5.74) is 2.45. The Balaban J connectivity index is 2.20. The lowest BCUT2D eigenvalue weighted by atomic mass is 9.97. The monoisotopic (exact) mass is 260 g/mol. The van der Waals surface area contributed by atoms with E-state index in [1.807, 2.05) is 17.0 Å². The first-order valence-electron chi connectivity index (χ1n) is 7.09. The molecular weight excluding hydrogens is 236 g/mol. The van der Waals surface area contributed by atoms with Crippen LogP contribution in [0.15, 0.2) is 24.3 Å². The molecule has 0 aromatic heterocycles. The summed E-state index contributed by atoms with van der Waals surface area (Å²) in [5.74, 6) is 1.31. The highest BCUT2D eigenvalue weighted by Crippen LogP contribution is 2.27. The fourth-order valence-corrected chi connectivity index (χ4v) is 2.44. The van der Waals surface area contributed by atoms with Crippen LogP contribution in [0.1, 0.15) is 38.1 Å². The number of carbonyl (C=O) groups is 1. The Morgan fingerprint density at radius 1 is 1.32 bits per heavy atom. The summed E-state index contributed by atoms with van der Waals surface area (Å²) in [5, 5.41) is 3.33. The SMILES string of the molecule is Cc1ccccc1C1NCC(=O)N1CC(C)C(C)C. The van der Waals surface area contributed by atoms with Gasteiger partial charge in [0, 0.05) is 6.54 Å². The summed E-state index contributed by atoms with van der Waals surface area (Å²) in [6, 6.07) is 8.29. The summed E-state index contributed by atoms with van der Waals surface area (Å²) < 4.78 is 0. The molecule has 2 unspecified atom stereocenters. The Bertz CT molecular complexity index is 456. The van der Waals surface area contributed by atoms with Gasteiger partial charge in [-0.05, 0) is 29.9 Å². The van der Waals surface area contributed by atoms with Crippen molar-refractivity contribution in [2.75, 3.05) is 13.1 Å². The smallest absolute Gasteiger partial charge is 0.238 e. The van der Waals surface area contributed by atoms with Crippen LogP contribution in [0.4, 0.5) is 0 Å². The number of nitrogens with zero attached hydrogens (tertiary/aromatic N) is 1. The second-order valence-electron chi connectivity index (χ2n) is 5.91. The molecule has 1 aliphatic rings. The number of rotatable bonds is 4. The normalized spacial score (nSPS) is 21.2. The number of nitrogens with one attached hydrogen (secondary N) is 1. The number of amides is 1. The number of benzene rings is 1. The molecule has 1 fully saturated rings. The quantitative estimate of drug-likeness (QED) is 0.902. The van der Waals surface area contributed by atoms with Gasteiger partial charge in [-0.2, -0.15) is 0 Å². The van der Waals surface area contributed by atoms with Crippen LogP contribution in [0.2, 0.25) is 0 Å². The largest absolute Gasteiger partial charge is 0.322 e. The Hall–Kier alpha value is -1.35. The van der Waals surface area contributed by atoms with Gasteiger partial charge in [-0.15, -0.1) is 0 Å². The molecule has 2 rings (SSSR count). The number of aryl methyl sites for hydroxylation is 1. The van der Waals surface area contributed by atoms with Crippen LogP contribution in [0.5, 0.6) is 0 Å². The molecule has 1 aromatic carbocycles. The first kappa shape index (κ1) is 14.1. The van der Waals surface area contributed by atoms with Gasteiger partial charge in [0.2, 0.25) is 5.91 Å². The maximum Gasteiger partial charge on any atom is 0.238 e. The first-order chi connectivity index (χ1) is 9.00. The molecule has 0 radical (unpaired) electrons. The molecule has 1 N–H and O–H groups in total. The molecule has 0 bridgehead atoms. The van der Waals surface area contributed by atoms with Gasteiger partial charge >= 0.3 is 0 Å². The number of carbonyl (C=O) groups excluding carboxylic acids is 1. The molecule has 1 saturated heterocycles. The van der Waals surface area contributed by atoms with E-state index in [9.17, 15) is 4.79 Å². The highest BCUT2D eigenvalue weighted by Gasteiger charge is 2.33. The van der Waals surface area contributed by atoms with Crippen molar-refractivity contribution in [1.29, 1.82) is 0 Å². The lowest BCUT2D eigenvalue weighted by molar-refractivity contribution is -0.128. The zero-order chi connectivity index (χ0) is 14.0. The summed E-state index contributed by atoms with van der Waals surface area (Å²) >= 11 is 0.